The first-order chi connectivity index (χ1) is 12.5. The number of hydrogen-bond acceptors (Lipinski definition) is 3. The molecule has 2 aromatic rings. The fourth-order valence-corrected chi connectivity index (χ4v) is 3.32. The van der Waals surface area contributed by atoms with Gasteiger partial charge in [-0.05, 0) is 24.5 Å². The first kappa shape index (κ1) is 18.0. The van der Waals surface area contributed by atoms with Gasteiger partial charge in [-0.3, -0.25) is 4.79 Å². The van der Waals surface area contributed by atoms with Crippen molar-refractivity contribution in [3.05, 3.63) is 71.3 Å². The molecule has 2 atom stereocenters. The summed E-state index contributed by atoms with van der Waals surface area (Å²) in [6, 6.07) is 17.5. The molecule has 1 N–H and O–H groups in total. The Balaban J connectivity index is 1.69. The fourth-order valence-electron chi connectivity index (χ4n) is 3.32. The van der Waals surface area contributed by atoms with Crippen LogP contribution in [-0.2, 0) is 16.1 Å². The van der Waals surface area contributed by atoms with E-state index in [0.717, 1.165) is 16.7 Å². The van der Waals surface area contributed by atoms with Gasteiger partial charge in [0.25, 0.3) is 0 Å². The molecular formula is C21H23NO4. The largest absolute Gasteiger partial charge is 0.481 e. The van der Waals surface area contributed by atoms with Crippen molar-refractivity contribution in [2.45, 2.75) is 25.9 Å². The Bertz CT molecular complexity index is 757. The molecule has 0 bridgehead atoms. The smallest absolute Gasteiger partial charge is 0.410 e. The summed E-state index contributed by atoms with van der Waals surface area (Å²) in [5.41, 5.74) is 3.11. The Morgan fingerprint density at radius 3 is 2.42 bits per heavy atom. The quantitative estimate of drug-likeness (QED) is 0.907. The van der Waals surface area contributed by atoms with Gasteiger partial charge in [0, 0.05) is 19.0 Å². The predicted octanol–water partition coefficient (Wildman–Crippen LogP) is 3.82. The highest BCUT2D eigenvalue weighted by Gasteiger charge is 2.35. The molecule has 2 aromatic carbocycles. The van der Waals surface area contributed by atoms with E-state index in [1.54, 1.807) is 0 Å². The van der Waals surface area contributed by atoms with E-state index in [0.29, 0.717) is 13.0 Å². The third kappa shape index (κ3) is 4.42. The molecule has 5 nitrogen and oxygen atoms in total. The van der Waals surface area contributed by atoms with E-state index in [4.69, 9.17) is 4.74 Å². The number of ether oxygens (including phenoxy) is 1. The topological polar surface area (TPSA) is 66.8 Å². The summed E-state index contributed by atoms with van der Waals surface area (Å²) in [7, 11) is 0. The van der Waals surface area contributed by atoms with E-state index in [9.17, 15) is 14.7 Å². The van der Waals surface area contributed by atoms with Gasteiger partial charge >= 0.3 is 12.1 Å². The number of carboxylic acids is 1. The molecule has 1 aliphatic rings. The minimum atomic E-state index is -0.873. The normalized spacial score (nSPS) is 19.8. The number of likely N-dealkylation sites (tertiary alicyclic amines) is 1. The summed E-state index contributed by atoms with van der Waals surface area (Å²) in [4.78, 5) is 25.6. The standard InChI is InChI=1S/C21H23NO4/c1-15-7-9-17(10-8-15)18-11-19(20(23)24)13-22(12-18)21(25)26-14-16-5-3-2-4-6-16/h2-10,18-19H,11-14H2,1H3,(H,23,24). The lowest BCUT2D eigenvalue weighted by Gasteiger charge is -2.35. The van der Waals surface area contributed by atoms with Crippen LogP contribution in [0.1, 0.15) is 29.0 Å². The third-order valence-corrected chi connectivity index (χ3v) is 4.81. The molecule has 0 aliphatic carbocycles. The van der Waals surface area contributed by atoms with Crippen molar-refractivity contribution in [1.29, 1.82) is 0 Å². The molecule has 5 heteroatoms. The van der Waals surface area contributed by atoms with E-state index in [-0.39, 0.29) is 19.1 Å². The molecule has 1 aliphatic heterocycles. The molecule has 1 saturated heterocycles. The number of carbonyl (C=O) groups excluding carboxylic acids is 1. The van der Waals surface area contributed by atoms with Crippen molar-refractivity contribution in [3.63, 3.8) is 0 Å². The molecule has 1 amide bonds. The second-order valence-electron chi connectivity index (χ2n) is 6.82. The number of benzene rings is 2. The lowest BCUT2D eigenvalue weighted by Crippen LogP contribution is -2.45. The maximum Gasteiger partial charge on any atom is 0.410 e. The predicted molar refractivity (Wildman–Crippen MR) is 97.9 cm³/mol. The first-order valence-corrected chi connectivity index (χ1v) is 8.78. The summed E-state index contributed by atoms with van der Waals surface area (Å²) >= 11 is 0. The van der Waals surface area contributed by atoms with Gasteiger partial charge in [-0.15, -0.1) is 0 Å². The molecule has 0 aromatic heterocycles. The van der Waals surface area contributed by atoms with Crippen molar-refractivity contribution in [1.82, 2.24) is 4.90 Å². The van der Waals surface area contributed by atoms with Gasteiger partial charge in [0.05, 0.1) is 5.92 Å². The number of hydrogen-bond donors (Lipinski definition) is 1. The number of carbonyl (C=O) groups is 2. The fraction of sp³-hybridized carbons (Fsp3) is 0.333. The van der Waals surface area contributed by atoms with Crippen LogP contribution >= 0.6 is 0 Å². The van der Waals surface area contributed by atoms with E-state index >= 15 is 0 Å². The number of nitrogens with zero attached hydrogens (tertiary/aromatic N) is 1. The molecule has 1 fully saturated rings. The number of carboxylic acid groups (broad SMARTS) is 1. The lowest BCUT2D eigenvalue weighted by atomic mass is 9.84. The number of rotatable bonds is 4. The van der Waals surface area contributed by atoms with Gasteiger partial charge in [0.2, 0.25) is 0 Å². The molecule has 0 spiro atoms. The monoisotopic (exact) mass is 353 g/mol. The minimum Gasteiger partial charge on any atom is -0.481 e. The Morgan fingerprint density at radius 1 is 1.08 bits per heavy atom. The number of aryl methyl sites for hydroxylation is 1. The van der Waals surface area contributed by atoms with E-state index < -0.39 is 18.0 Å². The van der Waals surface area contributed by atoms with Crippen molar-refractivity contribution in [3.8, 4) is 0 Å². The summed E-state index contributed by atoms with van der Waals surface area (Å²) in [6.07, 6.45) is 0.0674. The highest BCUT2D eigenvalue weighted by molar-refractivity contribution is 5.73. The van der Waals surface area contributed by atoms with Gasteiger partial charge in [0.1, 0.15) is 6.61 Å². The maximum atomic E-state index is 12.5. The highest BCUT2D eigenvalue weighted by Crippen LogP contribution is 2.31. The Labute approximate surface area is 153 Å². The molecule has 3 rings (SSSR count). The number of aliphatic carboxylic acids is 1. The molecule has 0 radical (unpaired) electrons. The molecule has 26 heavy (non-hydrogen) atoms. The van der Waals surface area contributed by atoms with Crippen LogP contribution in [0.3, 0.4) is 0 Å². The zero-order valence-corrected chi connectivity index (χ0v) is 14.8. The molecule has 2 unspecified atom stereocenters. The molecule has 1 heterocycles. The van der Waals surface area contributed by atoms with Gasteiger partial charge in [-0.1, -0.05) is 60.2 Å². The first-order valence-electron chi connectivity index (χ1n) is 8.78. The van der Waals surface area contributed by atoms with Crippen LogP contribution in [0.5, 0.6) is 0 Å². The maximum absolute atomic E-state index is 12.5. The van der Waals surface area contributed by atoms with E-state index in [1.807, 2.05) is 61.5 Å². The lowest BCUT2D eigenvalue weighted by molar-refractivity contribution is -0.143. The van der Waals surface area contributed by atoms with Crippen LogP contribution in [0.4, 0.5) is 4.79 Å². The average Bonchev–Trinajstić information content (AvgIpc) is 2.67. The minimum absolute atomic E-state index is 0.00488. The van der Waals surface area contributed by atoms with Crippen molar-refractivity contribution in [2.24, 2.45) is 5.92 Å². The van der Waals surface area contributed by atoms with Crippen LogP contribution in [-0.4, -0.2) is 35.2 Å². The van der Waals surface area contributed by atoms with Crippen molar-refractivity contribution >= 4 is 12.1 Å². The SMILES string of the molecule is Cc1ccc(C2CC(C(=O)O)CN(C(=O)OCc3ccccc3)C2)cc1. The summed E-state index contributed by atoms with van der Waals surface area (Å²) in [6.45, 7) is 2.85. The van der Waals surface area contributed by atoms with Crippen LogP contribution in [0.25, 0.3) is 0 Å². The zero-order chi connectivity index (χ0) is 18.5. The second-order valence-corrected chi connectivity index (χ2v) is 6.82. The molecule has 136 valence electrons. The van der Waals surface area contributed by atoms with Crippen molar-refractivity contribution in [2.75, 3.05) is 13.1 Å². The molecular weight excluding hydrogens is 330 g/mol. The highest BCUT2D eigenvalue weighted by atomic mass is 16.6. The summed E-state index contributed by atoms with van der Waals surface area (Å²) in [5, 5.41) is 9.48. The van der Waals surface area contributed by atoms with Gasteiger partial charge < -0.3 is 14.7 Å². The van der Waals surface area contributed by atoms with Crippen LogP contribution < -0.4 is 0 Å². The van der Waals surface area contributed by atoms with Crippen LogP contribution in [0.15, 0.2) is 54.6 Å². The van der Waals surface area contributed by atoms with Crippen LogP contribution in [0.2, 0.25) is 0 Å². The molecule has 0 saturated carbocycles. The van der Waals surface area contributed by atoms with Crippen molar-refractivity contribution < 1.29 is 19.4 Å². The summed E-state index contributed by atoms with van der Waals surface area (Å²) < 4.78 is 5.39. The van der Waals surface area contributed by atoms with Gasteiger partial charge in [-0.25, -0.2) is 4.79 Å². The summed E-state index contributed by atoms with van der Waals surface area (Å²) in [5.74, 6) is -1.46. The Morgan fingerprint density at radius 2 is 1.77 bits per heavy atom. The number of amides is 1. The third-order valence-electron chi connectivity index (χ3n) is 4.81. The Kier molecular flexibility index (Phi) is 5.56. The van der Waals surface area contributed by atoms with E-state index in [1.165, 1.54) is 4.90 Å². The average molecular weight is 353 g/mol. The second kappa shape index (κ2) is 8.04. The number of piperidine rings is 1. The van der Waals surface area contributed by atoms with E-state index in [2.05, 4.69) is 0 Å². The van der Waals surface area contributed by atoms with Gasteiger partial charge in [-0.2, -0.15) is 0 Å². The van der Waals surface area contributed by atoms with Crippen LogP contribution in [0, 0.1) is 12.8 Å². The zero-order valence-electron chi connectivity index (χ0n) is 14.8. The van der Waals surface area contributed by atoms with Gasteiger partial charge in [0.15, 0.2) is 0 Å². The Hall–Kier alpha value is -2.82.